The standard InChI is InChI=1S/C32H41Cl3N4O/c1-5-18-32(6-2,7-3)19-10-8-9-11-20-36-31(40)37-22-28-23(4)30(24-12-14-25(33)15-13-24)39(38-28)29-17-16-26(34)21-27(29)35/h5,12-17,21H,1,6-11,18-20,22H2,2-4H3,(H2,36,37,40). The molecule has 0 bridgehead atoms. The van der Waals surface area contributed by atoms with E-state index in [9.17, 15) is 4.79 Å². The van der Waals surface area contributed by atoms with E-state index in [0.29, 0.717) is 32.7 Å². The van der Waals surface area contributed by atoms with Crippen LogP contribution in [-0.4, -0.2) is 22.4 Å². The zero-order chi connectivity index (χ0) is 29.1. The summed E-state index contributed by atoms with van der Waals surface area (Å²) in [6.07, 6.45) is 11.3. The number of aromatic nitrogens is 2. The number of allylic oxidation sites excluding steroid dienone is 1. The molecule has 0 aliphatic rings. The van der Waals surface area contributed by atoms with Gasteiger partial charge in [-0.25, -0.2) is 9.48 Å². The van der Waals surface area contributed by atoms with Gasteiger partial charge in [-0.3, -0.25) is 0 Å². The molecule has 0 aliphatic carbocycles. The van der Waals surface area contributed by atoms with Crippen molar-refractivity contribution in [2.75, 3.05) is 6.54 Å². The van der Waals surface area contributed by atoms with Crippen molar-refractivity contribution in [2.45, 2.75) is 78.7 Å². The highest BCUT2D eigenvalue weighted by Gasteiger charge is 2.23. The minimum atomic E-state index is -0.200. The summed E-state index contributed by atoms with van der Waals surface area (Å²) in [5, 5.41) is 12.4. The maximum Gasteiger partial charge on any atom is 0.315 e. The van der Waals surface area contributed by atoms with Crippen molar-refractivity contribution < 1.29 is 4.79 Å². The van der Waals surface area contributed by atoms with E-state index < -0.39 is 0 Å². The molecule has 1 aromatic heterocycles. The molecule has 0 fully saturated rings. The van der Waals surface area contributed by atoms with Crippen LogP contribution >= 0.6 is 34.8 Å². The molecule has 40 heavy (non-hydrogen) atoms. The minimum Gasteiger partial charge on any atom is -0.338 e. The number of hydrogen-bond donors (Lipinski definition) is 2. The Morgan fingerprint density at radius 2 is 1.65 bits per heavy atom. The molecule has 0 radical (unpaired) electrons. The summed E-state index contributed by atoms with van der Waals surface area (Å²) >= 11 is 18.8. The van der Waals surface area contributed by atoms with E-state index in [-0.39, 0.29) is 12.6 Å². The number of amides is 2. The largest absolute Gasteiger partial charge is 0.338 e. The summed E-state index contributed by atoms with van der Waals surface area (Å²) in [7, 11) is 0. The molecular formula is C32H41Cl3N4O. The Labute approximate surface area is 254 Å². The minimum absolute atomic E-state index is 0.200. The number of urea groups is 1. The number of carbonyl (C=O) groups excluding carboxylic acids is 1. The van der Waals surface area contributed by atoms with Gasteiger partial charge in [0.2, 0.25) is 0 Å². The van der Waals surface area contributed by atoms with Crippen molar-refractivity contribution >= 4 is 40.8 Å². The molecule has 0 atom stereocenters. The van der Waals surface area contributed by atoms with E-state index in [1.165, 1.54) is 32.1 Å². The lowest BCUT2D eigenvalue weighted by atomic mass is 9.75. The van der Waals surface area contributed by atoms with Crippen LogP contribution in [0.2, 0.25) is 15.1 Å². The molecular weight excluding hydrogens is 563 g/mol. The number of unbranched alkanes of at least 4 members (excludes halogenated alkanes) is 3. The SMILES string of the molecule is C=CCC(CC)(CC)CCCCCCNC(=O)NCc1nn(-c2ccc(Cl)cc2Cl)c(-c2ccc(Cl)cc2)c1C. The molecule has 0 aliphatic heterocycles. The second-order valence-corrected chi connectivity index (χ2v) is 11.7. The van der Waals surface area contributed by atoms with Crippen LogP contribution in [0.15, 0.2) is 55.1 Å². The zero-order valence-corrected chi connectivity index (χ0v) is 26.1. The van der Waals surface area contributed by atoms with Gasteiger partial charge in [0.05, 0.1) is 28.6 Å². The second-order valence-electron chi connectivity index (χ2n) is 10.4. The van der Waals surface area contributed by atoms with Crippen molar-refractivity contribution in [3.63, 3.8) is 0 Å². The van der Waals surface area contributed by atoms with Crippen molar-refractivity contribution in [1.29, 1.82) is 0 Å². The molecule has 216 valence electrons. The quantitative estimate of drug-likeness (QED) is 0.134. The number of carbonyl (C=O) groups is 1. The van der Waals surface area contributed by atoms with Crippen molar-refractivity contribution in [2.24, 2.45) is 5.41 Å². The van der Waals surface area contributed by atoms with Gasteiger partial charge in [0.1, 0.15) is 0 Å². The highest BCUT2D eigenvalue weighted by Crippen LogP contribution is 2.37. The fourth-order valence-electron chi connectivity index (χ4n) is 5.19. The van der Waals surface area contributed by atoms with E-state index in [4.69, 9.17) is 39.9 Å². The first-order valence-corrected chi connectivity index (χ1v) is 15.3. The van der Waals surface area contributed by atoms with Crippen LogP contribution in [0.4, 0.5) is 4.79 Å². The van der Waals surface area contributed by atoms with Crippen LogP contribution in [0.3, 0.4) is 0 Å². The van der Waals surface area contributed by atoms with Gasteiger partial charge in [0.25, 0.3) is 0 Å². The average Bonchev–Trinajstić information content (AvgIpc) is 3.26. The molecule has 2 amide bonds. The van der Waals surface area contributed by atoms with Crippen molar-refractivity contribution in [3.05, 3.63) is 81.4 Å². The summed E-state index contributed by atoms with van der Waals surface area (Å²) in [6, 6.07) is 12.7. The third-order valence-corrected chi connectivity index (χ3v) is 8.68. The molecule has 5 nitrogen and oxygen atoms in total. The highest BCUT2D eigenvalue weighted by atomic mass is 35.5. The topological polar surface area (TPSA) is 59.0 Å². The Balaban J connectivity index is 1.57. The molecule has 3 rings (SSSR count). The Morgan fingerprint density at radius 3 is 2.30 bits per heavy atom. The van der Waals surface area contributed by atoms with E-state index in [2.05, 4.69) is 37.1 Å². The van der Waals surface area contributed by atoms with E-state index in [0.717, 1.165) is 41.8 Å². The fraction of sp³-hybridized carbons (Fsp3) is 0.438. The normalized spacial score (nSPS) is 11.4. The molecule has 0 saturated heterocycles. The predicted molar refractivity (Wildman–Crippen MR) is 170 cm³/mol. The molecule has 2 N–H and O–H groups in total. The Hall–Kier alpha value is -2.47. The van der Waals surface area contributed by atoms with Gasteiger partial charge < -0.3 is 10.6 Å². The summed E-state index contributed by atoms with van der Waals surface area (Å²) in [4.78, 5) is 12.5. The number of benzene rings is 2. The Bertz CT molecular complexity index is 1270. The van der Waals surface area contributed by atoms with Gasteiger partial charge in [-0.05, 0) is 61.9 Å². The summed E-state index contributed by atoms with van der Waals surface area (Å²) in [5.74, 6) is 0. The molecule has 2 aromatic carbocycles. The summed E-state index contributed by atoms with van der Waals surface area (Å²) < 4.78 is 1.80. The third kappa shape index (κ3) is 8.52. The maximum atomic E-state index is 12.5. The van der Waals surface area contributed by atoms with Gasteiger partial charge in [-0.2, -0.15) is 5.10 Å². The van der Waals surface area contributed by atoms with E-state index in [1.807, 2.05) is 37.3 Å². The zero-order valence-electron chi connectivity index (χ0n) is 23.8. The fourth-order valence-corrected chi connectivity index (χ4v) is 5.81. The number of nitrogens with one attached hydrogen (secondary N) is 2. The lowest BCUT2D eigenvalue weighted by Gasteiger charge is -2.30. The van der Waals surface area contributed by atoms with Crippen molar-refractivity contribution in [1.82, 2.24) is 20.4 Å². The number of hydrogen-bond acceptors (Lipinski definition) is 2. The van der Waals surface area contributed by atoms with Gasteiger partial charge in [-0.15, -0.1) is 6.58 Å². The molecule has 0 spiro atoms. The van der Waals surface area contributed by atoms with Gasteiger partial charge in [-0.1, -0.05) is 99.0 Å². The average molecular weight is 604 g/mol. The lowest BCUT2D eigenvalue weighted by Crippen LogP contribution is -2.35. The lowest BCUT2D eigenvalue weighted by molar-refractivity contribution is 0.232. The van der Waals surface area contributed by atoms with Gasteiger partial charge in [0.15, 0.2) is 0 Å². The molecule has 0 unspecified atom stereocenters. The van der Waals surface area contributed by atoms with Crippen molar-refractivity contribution in [3.8, 4) is 16.9 Å². The highest BCUT2D eigenvalue weighted by molar-refractivity contribution is 6.35. The smallest absolute Gasteiger partial charge is 0.315 e. The van der Waals surface area contributed by atoms with Crippen LogP contribution in [0.25, 0.3) is 16.9 Å². The van der Waals surface area contributed by atoms with Crippen LogP contribution in [0, 0.1) is 12.3 Å². The van der Waals surface area contributed by atoms with Gasteiger partial charge in [0, 0.05) is 27.7 Å². The van der Waals surface area contributed by atoms with E-state index in [1.54, 1.807) is 16.8 Å². The number of nitrogens with zero attached hydrogens (tertiary/aromatic N) is 2. The monoisotopic (exact) mass is 602 g/mol. The first kappa shape index (κ1) is 32.0. The van der Waals surface area contributed by atoms with Crippen LogP contribution < -0.4 is 10.6 Å². The first-order valence-electron chi connectivity index (χ1n) is 14.2. The van der Waals surface area contributed by atoms with Gasteiger partial charge >= 0.3 is 6.03 Å². The summed E-state index contributed by atoms with van der Waals surface area (Å²) in [6.45, 7) is 11.4. The third-order valence-electron chi connectivity index (χ3n) is 7.89. The molecule has 8 heteroatoms. The van der Waals surface area contributed by atoms with Crippen LogP contribution in [0.5, 0.6) is 0 Å². The number of halogens is 3. The molecule has 0 saturated carbocycles. The Morgan fingerprint density at radius 1 is 0.975 bits per heavy atom. The second kappa shape index (κ2) is 15.5. The molecule has 3 aromatic rings. The summed E-state index contributed by atoms with van der Waals surface area (Å²) in [5.41, 5.74) is 4.62. The van der Waals surface area contributed by atoms with E-state index >= 15 is 0 Å². The predicted octanol–water partition coefficient (Wildman–Crippen LogP) is 9.94. The van der Waals surface area contributed by atoms with Crippen LogP contribution in [0.1, 0.15) is 76.5 Å². The number of rotatable bonds is 15. The first-order chi connectivity index (χ1) is 19.2. The van der Waals surface area contributed by atoms with Crippen LogP contribution in [-0.2, 0) is 6.54 Å². The molecule has 1 heterocycles. The Kier molecular flexibility index (Phi) is 12.4. The maximum absolute atomic E-state index is 12.5.